The first kappa shape index (κ1) is 10.1. The lowest BCUT2D eigenvalue weighted by atomic mass is 10.2. The molecule has 0 aromatic heterocycles. The molecule has 1 rings (SSSR count). The van der Waals surface area contributed by atoms with Gasteiger partial charge in [-0.05, 0) is 12.1 Å². The standard InChI is InChI=1S/C8H11FN2OS/c1-13(12)11-5-6-2-3-7(10)4-8(6)9/h2-4,11H,5,10H2,1H3. The first-order chi connectivity index (χ1) is 6.09. The summed E-state index contributed by atoms with van der Waals surface area (Å²) in [4.78, 5) is 0. The van der Waals surface area contributed by atoms with Crippen LogP contribution >= 0.6 is 0 Å². The largest absolute Gasteiger partial charge is 0.399 e. The van der Waals surface area contributed by atoms with Crippen LogP contribution in [0.2, 0.25) is 0 Å². The van der Waals surface area contributed by atoms with E-state index in [-0.39, 0.29) is 12.4 Å². The monoisotopic (exact) mass is 202 g/mol. The van der Waals surface area contributed by atoms with Gasteiger partial charge in [-0.25, -0.2) is 13.3 Å². The molecule has 0 fully saturated rings. The van der Waals surface area contributed by atoms with Gasteiger partial charge in [0.2, 0.25) is 0 Å². The van der Waals surface area contributed by atoms with Crippen LogP contribution in [-0.4, -0.2) is 10.5 Å². The van der Waals surface area contributed by atoms with Gasteiger partial charge in [0.15, 0.2) is 0 Å². The maximum Gasteiger partial charge on any atom is 0.129 e. The fourth-order valence-corrected chi connectivity index (χ4v) is 1.25. The van der Waals surface area contributed by atoms with Crippen molar-refractivity contribution in [3.05, 3.63) is 29.6 Å². The number of benzene rings is 1. The summed E-state index contributed by atoms with van der Waals surface area (Å²) in [6, 6.07) is 4.43. The third-order valence-electron chi connectivity index (χ3n) is 1.54. The number of nitrogens with one attached hydrogen (secondary N) is 1. The first-order valence-electron chi connectivity index (χ1n) is 3.70. The predicted molar refractivity (Wildman–Crippen MR) is 51.7 cm³/mol. The minimum absolute atomic E-state index is 0.245. The van der Waals surface area contributed by atoms with E-state index in [0.29, 0.717) is 11.3 Å². The molecule has 3 N–H and O–H groups in total. The normalized spacial score (nSPS) is 12.8. The second kappa shape index (κ2) is 4.34. The van der Waals surface area contributed by atoms with Crippen LogP contribution in [0.3, 0.4) is 0 Å². The van der Waals surface area contributed by atoms with Gasteiger partial charge in [-0.2, -0.15) is 0 Å². The van der Waals surface area contributed by atoms with Gasteiger partial charge >= 0.3 is 0 Å². The molecule has 0 aliphatic rings. The Morgan fingerprint density at radius 3 is 2.85 bits per heavy atom. The quantitative estimate of drug-likeness (QED) is 0.712. The third kappa shape index (κ3) is 3.12. The van der Waals surface area contributed by atoms with Crippen LogP contribution < -0.4 is 10.5 Å². The first-order valence-corrected chi connectivity index (χ1v) is 5.26. The van der Waals surface area contributed by atoms with Gasteiger partial charge in [0, 0.05) is 24.1 Å². The summed E-state index contributed by atoms with van der Waals surface area (Å²) in [5, 5.41) is 0. The van der Waals surface area contributed by atoms with Gasteiger partial charge in [0.25, 0.3) is 0 Å². The van der Waals surface area contributed by atoms with E-state index in [1.54, 1.807) is 12.1 Å². The summed E-state index contributed by atoms with van der Waals surface area (Å²) < 4.78 is 26.3. The second-order valence-corrected chi connectivity index (χ2v) is 3.82. The van der Waals surface area contributed by atoms with E-state index in [2.05, 4.69) is 4.72 Å². The minimum atomic E-state index is -1.13. The summed E-state index contributed by atoms with van der Waals surface area (Å²) in [6.07, 6.45) is 1.50. The molecular formula is C8H11FN2OS. The summed E-state index contributed by atoms with van der Waals surface area (Å²) >= 11 is 0. The van der Waals surface area contributed by atoms with Gasteiger partial charge in [0.05, 0.1) is 11.0 Å². The fraction of sp³-hybridized carbons (Fsp3) is 0.250. The molecular weight excluding hydrogens is 191 g/mol. The number of rotatable bonds is 3. The Balaban J connectivity index is 2.72. The highest BCUT2D eigenvalue weighted by atomic mass is 32.2. The van der Waals surface area contributed by atoms with Crippen LogP contribution in [0.5, 0.6) is 0 Å². The Hall–Kier alpha value is -0.940. The maximum absolute atomic E-state index is 13.1. The van der Waals surface area contributed by atoms with E-state index in [1.807, 2.05) is 0 Å². The molecule has 0 aliphatic heterocycles. The average Bonchev–Trinajstić information content (AvgIpc) is 2.02. The van der Waals surface area contributed by atoms with Crippen molar-refractivity contribution in [2.45, 2.75) is 6.54 Å². The van der Waals surface area contributed by atoms with E-state index in [9.17, 15) is 8.60 Å². The topological polar surface area (TPSA) is 55.1 Å². The smallest absolute Gasteiger partial charge is 0.129 e. The van der Waals surface area contributed by atoms with Crippen molar-refractivity contribution < 1.29 is 8.60 Å². The van der Waals surface area contributed by atoms with Crippen molar-refractivity contribution in [1.29, 1.82) is 0 Å². The number of nitrogen functional groups attached to an aromatic ring is 1. The van der Waals surface area contributed by atoms with Gasteiger partial charge in [-0.1, -0.05) is 6.07 Å². The van der Waals surface area contributed by atoms with Crippen molar-refractivity contribution in [3.63, 3.8) is 0 Å². The fourth-order valence-electron chi connectivity index (χ4n) is 0.886. The lowest BCUT2D eigenvalue weighted by molar-refractivity contribution is 0.606. The highest BCUT2D eigenvalue weighted by molar-refractivity contribution is 7.82. The van der Waals surface area contributed by atoms with Gasteiger partial charge in [-0.15, -0.1) is 0 Å². The van der Waals surface area contributed by atoms with Crippen LogP contribution in [0.15, 0.2) is 18.2 Å². The van der Waals surface area contributed by atoms with Crippen molar-refractivity contribution in [2.24, 2.45) is 0 Å². The summed E-state index contributed by atoms with van der Waals surface area (Å²) in [6.45, 7) is 0.245. The zero-order chi connectivity index (χ0) is 9.84. The molecule has 3 nitrogen and oxygen atoms in total. The van der Waals surface area contributed by atoms with Crippen LogP contribution in [0, 0.1) is 5.82 Å². The molecule has 0 aliphatic carbocycles. The van der Waals surface area contributed by atoms with Crippen LogP contribution in [-0.2, 0) is 17.5 Å². The number of hydrogen-bond donors (Lipinski definition) is 2. The number of anilines is 1. The Labute approximate surface area is 78.7 Å². The van der Waals surface area contributed by atoms with Crippen molar-refractivity contribution in [2.75, 3.05) is 12.0 Å². The molecule has 5 heteroatoms. The van der Waals surface area contributed by atoms with Gasteiger partial charge in [0.1, 0.15) is 5.82 Å². The molecule has 13 heavy (non-hydrogen) atoms. The predicted octanol–water partition coefficient (Wildman–Crippen LogP) is 0.791. The summed E-state index contributed by atoms with van der Waals surface area (Å²) in [7, 11) is -1.13. The lowest BCUT2D eigenvalue weighted by Crippen LogP contribution is -2.15. The van der Waals surface area contributed by atoms with E-state index < -0.39 is 11.0 Å². The second-order valence-electron chi connectivity index (χ2n) is 2.63. The molecule has 0 heterocycles. The molecule has 0 radical (unpaired) electrons. The molecule has 0 amide bonds. The lowest BCUT2D eigenvalue weighted by Gasteiger charge is -2.03. The highest BCUT2D eigenvalue weighted by Crippen LogP contribution is 2.11. The third-order valence-corrected chi connectivity index (χ3v) is 2.09. The molecule has 1 aromatic rings. The number of nitrogens with two attached hydrogens (primary N) is 1. The van der Waals surface area contributed by atoms with E-state index in [0.717, 1.165) is 0 Å². The zero-order valence-electron chi connectivity index (χ0n) is 7.21. The Kier molecular flexibility index (Phi) is 3.39. The number of halogens is 1. The Morgan fingerprint density at radius 1 is 1.62 bits per heavy atom. The minimum Gasteiger partial charge on any atom is -0.399 e. The van der Waals surface area contributed by atoms with Crippen molar-refractivity contribution in [1.82, 2.24) is 4.72 Å². The number of hydrogen-bond acceptors (Lipinski definition) is 2. The van der Waals surface area contributed by atoms with E-state index >= 15 is 0 Å². The molecule has 0 saturated carbocycles. The summed E-state index contributed by atoms with van der Waals surface area (Å²) in [5.41, 5.74) is 6.21. The maximum atomic E-state index is 13.1. The van der Waals surface area contributed by atoms with Crippen LogP contribution in [0.4, 0.5) is 10.1 Å². The molecule has 1 unspecified atom stereocenters. The molecule has 0 bridgehead atoms. The summed E-state index contributed by atoms with van der Waals surface area (Å²) in [5.74, 6) is -0.377. The molecule has 1 atom stereocenters. The van der Waals surface area contributed by atoms with Gasteiger partial charge < -0.3 is 5.73 Å². The molecule has 1 aromatic carbocycles. The molecule has 0 spiro atoms. The Morgan fingerprint density at radius 2 is 2.31 bits per heavy atom. The van der Waals surface area contributed by atoms with Gasteiger partial charge in [-0.3, -0.25) is 0 Å². The van der Waals surface area contributed by atoms with Crippen molar-refractivity contribution in [3.8, 4) is 0 Å². The SMILES string of the molecule is CS(=O)NCc1ccc(N)cc1F. The van der Waals surface area contributed by atoms with Crippen LogP contribution in [0.25, 0.3) is 0 Å². The Bertz CT molecular complexity index is 330. The highest BCUT2D eigenvalue weighted by Gasteiger charge is 2.02. The molecule has 0 saturated heterocycles. The van der Waals surface area contributed by atoms with Crippen LogP contribution in [0.1, 0.15) is 5.56 Å². The average molecular weight is 202 g/mol. The zero-order valence-corrected chi connectivity index (χ0v) is 8.03. The van der Waals surface area contributed by atoms with Crippen molar-refractivity contribution >= 4 is 16.7 Å². The van der Waals surface area contributed by atoms with E-state index in [4.69, 9.17) is 5.73 Å². The molecule has 72 valence electrons. The van der Waals surface area contributed by atoms with E-state index in [1.165, 1.54) is 12.3 Å².